The number of amides is 2. The van der Waals surface area contributed by atoms with Crippen molar-refractivity contribution in [2.45, 2.75) is 0 Å². The van der Waals surface area contributed by atoms with Crippen molar-refractivity contribution in [2.24, 2.45) is 5.10 Å². The van der Waals surface area contributed by atoms with Crippen LogP contribution in [0.4, 0.5) is 5.13 Å². The zero-order valence-corrected chi connectivity index (χ0v) is 20.2. The molecule has 0 aliphatic rings. The van der Waals surface area contributed by atoms with Crippen LogP contribution in [-0.4, -0.2) is 34.2 Å². The summed E-state index contributed by atoms with van der Waals surface area (Å²) < 4.78 is 6.11. The summed E-state index contributed by atoms with van der Waals surface area (Å²) >= 11 is 4.46. The SMILES string of the molecule is O=C(N/N=C/c1ccc(OC(=O)c2cccc(Br)c2)cc1)C(=O)Nc1nnc(-c2ccccc2)s1. The Kier molecular flexibility index (Phi) is 7.70. The van der Waals surface area contributed by atoms with E-state index in [1.807, 2.05) is 36.4 Å². The number of aromatic nitrogens is 2. The molecule has 0 saturated carbocycles. The molecule has 0 aliphatic carbocycles. The summed E-state index contributed by atoms with van der Waals surface area (Å²) in [6, 6.07) is 22.7. The maximum Gasteiger partial charge on any atom is 0.343 e. The molecule has 0 aliphatic heterocycles. The van der Waals surface area contributed by atoms with E-state index in [0.717, 1.165) is 21.4 Å². The molecule has 1 heterocycles. The lowest BCUT2D eigenvalue weighted by molar-refractivity contribution is -0.136. The molecule has 174 valence electrons. The van der Waals surface area contributed by atoms with Crippen molar-refractivity contribution in [3.8, 4) is 16.3 Å². The molecule has 0 fully saturated rings. The Hall–Kier alpha value is -4.22. The molecule has 0 saturated heterocycles. The Balaban J connectivity index is 1.27. The van der Waals surface area contributed by atoms with Crippen molar-refractivity contribution < 1.29 is 19.1 Å². The predicted molar refractivity (Wildman–Crippen MR) is 135 cm³/mol. The van der Waals surface area contributed by atoms with E-state index < -0.39 is 17.8 Å². The molecular formula is C24H16BrN5O4S. The molecule has 2 N–H and O–H groups in total. The molecular weight excluding hydrogens is 534 g/mol. The smallest absolute Gasteiger partial charge is 0.343 e. The van der Waals surface area contributed by atoms with Gasteiger partial charge in [0.2, 0.25) is 5.13 Å². The highest BCUT2D eigenvalue weighted by Gasteiger charge is 2.16. The molecule has 4 rings (SSSR count). The van der Waals surface area contributed by atoms with E-state index in [0.29, 0.717) is 21.9 Å². The number of nitrogens with zero attached hydrogens (tertiary/aromatic N) is 3. The minimum atomic E-state index is -0.961. The van der Waals surface area contributed by atoms with E-state index in [9.17, 15) is 14.4 Å². The number of benzene rings is 3. The van der Waals surface area contributed by atoms with Crippen molar-refractivity contribution in [1.82, 2.24) is 15.6 Å². The third-order valence-corrected chi connectivity index (χ3v) is 5.78. The van der Waals surface area contributed by atoms with Crippen molar-refractivity contribution >= 4 is 56.4 Å². The van der Waals surface area contributed by atoms with Gasteiger partial charge < -0.3 is 4.74 Å². The summed E-state index contributed by atoms with van der Waals surface area (Å²) in [6.45, 7) is 0. The number of hydrazone groups is 1. The number of halogens is 1. The molecule has 1 aromatic heterocycles. The first-order valence-electron chi connectivity index (χ1n) is 10.1. The fourth-order valence-electron chi connectivity index (χ4n) is 2.74. The van der Waals surface area contributed by atoms with Crippen LogP contribution in [-0.2, 0) is 9.59 Å². The lowest BCUT2D eigenvalue weighted by atomic mass is 10.2. The number of anilines is 1. The quantitative estimate of drug-likeness (QED) is 0.122. The summed E-state index contributed by atoms with van der Waals surface area (Å²) in [5, 5.41) is 14.9. The maximum atomic E-state index is 12.2. The standard InChI is InChI=1S/C24H16BrN5O4S/c25-18-8-4-7-17(13-18)23(33)34-19-11-9-15(10-12-19)14-26-28-21(32)20(31)27-24-30-29-22(35-24)16-5-2-1-3-6-16/h1-14H,(H,28,32)(H,27,30,31)/b26-14+. The number of carbonyl (C=O) groups is 3. The highest BCUT2D eigenvalue weighted by Crippen LogP contribution is 2.25. The van der Waals surface area contributed by atoms with E-state index in [4.69, 9.17) is 4.74 Å². The third kappa shape index (κ3) is 6.65. The van der Waals surface area contributed by atoms with Gasteiger partial charge in [0, 0.05) is 10.0 Å². The van der Waals surface area contributed by atoms with Crippen molar-refractivity contribution in [2.75, 3.05) is 5.32 Å². The second-order valence-electron chi connectivity index (χ2n) is 6.90. The fraction of sp³-hybridized carbons (Fsp3) is 0. The van der Waals surface area contributed by atoms with Crippen LogP contribution in [0.25, 0.3) is 10.6 Å². The van der Waals surface area contributed by atoms with Crippen molar-refractivity contribution in [3.63, 3.8) is 0 Å². The second kappa shape index (κ2) is 11.3. The topological polar surface area (TPSA) is 123 Å². The average molecular weight is 550 g/mol. The number of hydrogen-bond donors (Lipinski definition) is 2. The second-order valence-corrected chi connectivity index (χ2v) is 8.79. The lowest BCUT2D eigenvalue weighted by Gasteiger charge is -2.05. The molecule has 0 radical (unpaired) electrons. The zero-order valence-electron chi connectivity index (χ0n) is 17.8. The number of rotatable bonds is 6. The van der Waals surface area contributed by atoms with Gasteiger partial charge in [0.15, 0.2) is 0 Å². The maximum absolute atomic E-state index is 12.2. The van der Waals surface area contributed by atoms with Gasteiger partial charge >= 0.3 is 17.8 Å². The van der Waals surface area contributed by atoms with Crippen LogP contribution in [0.3, 0.4) is 0 Å². The fourth-order valence-corrected chi connectivity index (χ4v) is 3.89. The van der Waals surface area contributed by atoms with Gasteiger partial charge in [-0.25, -0.2) is 10.2 Å². The average Bonchev–Trinajstić information content (AvgIpc) is 3.34. The van der Waals surface area contributed by atoms with E-state index in [1.165, 1.54) is 6.21 Å². The van der Waals surface area contributed by atoms with Crippen LogP contribution in [0.15, 0.2) is 88.4 Å². The van der Waals surface area contributed by atoms with Gasteiger partial charge in [0.25, 0.3) is 0 Å². The summed E-state index contributed by atoms with van der Waals surface area (Å²) in [6.07, 6.45) is 1.35. The monoisotopic (exact) mass is 549 g/mol. The Labute approximate surface area is 212 Å². The Bertz CT molecular complexity index is 1390. The normalized spacial score (nSPS) is 10.7. The van der Waals surface area contributed by atoms with Gasteiger partial charge in [-0.15, -0.1) is 10.2 Å². The molecule has 4 aromatic rings. The Morgan fingerprint density at radius 3 is 2.43 bits per heavy atom. The van der Waals surface area contributed by atoms with Crippen LogP contribution in [0.2, 0.25) is 0 Å². The van der Waals surface area contributed by atoms with E-state index >= 15 is 0 Å². The number of hydrogen-bond acceptors (Lipinski definition) is 8. The summed E-state index contributed by atoms with van der Waals surface area (Å²) in [7, 11) is 0. The number of ether oxygens (including phenoxy) is 1. The van der Waals surface area contributed by atoms with Crippen LogP contribution in [0.1, 0.15) is 15.9 Å². The molecule has 3 aromatic carbocycles. The Morgan fingerprint density at radius 1 is 0.914 bits per heavy atom. The van der Waals surface area contributed by atoms with Crippen LogP contribution in [0, 0.1) is 0 Å². The number of nitrogens with one attached hydrogen (secondary N) is 2. The molecule has 2 amide bonds. The zero-order chi connectivity index (χ0) is 24.6. The molecule has 0 bridgehead atoms. The van der Waals surface area contributed by atoms with Gasteiger partial charge in [0.05, 0.1) is 11.8 Å². The number of carbonyl (C=O) groups excluding carboxylic acids is 3. The first-order valence-corrected chi connectivity index (χ1v) is 11.7. The van der Waals surface area contributed by atoms with Gasteiger partial charge in [-0.2, -0.15) is 5.10 Å². The predicted octanol–water partition coefficient (Wildman–Crippen LogP) is 4.28. The van der Waals surface area contributed by atoms with Gasteiger partial charge in [-0.3, -0.25) is 14.9 Å². The van der Waals surface area contributed by atoms with Crippen LogP contribution >= 0.6 is 27.3 Å². The van der Waals surface area contributed by atoms with Crippen molar-refractivity contribution in [1.29, 1.82) is 0 Å². The first-order chi connectivity index (χ1) is 17.0. The minimum absolute atomic E-state index is 0.195. The van der Waals surface area contributed by atoms with E-state index in [2.05, 4.69) is 42.0 Å². The Morgan fingerprint density at radius 2 is 1.69 bits per heavy atom. The molecule has 0 atom stereocenters. The lowest BCUT2D eigenvalue weighted by Crippen LogP contribution is -2.32. The number of esters is 1. The largest absolute Gasteiger partial charge is 0.423 e. The van der Waals surface area contributed by atoms with Crippen molar-refractivity contribution in [3.05, 3.63) is 94.5 Å². The highest BCUT2D eigenvalue weighted by atomic mass is 79.9. The van der Waals surface area contributed by atoms with E-state index in [1.54, 1.807) is 42.5 Å². The van der Waals surface area contributed by atoms with Crippen LogP contribution < -0.4 is 15.5 Å². The summed E-state index contributed by atoms with van der Waals surface area (Å²) in [5.41, 5.74) is 4.03. The first kappa shape index (κ1) is 23.9. The third-order valence-electron chi connectivity index (χ3n) is 4.40. The van der Waals surface area contributed by atoms with Crippen LogP contribution in [0.5, 0.6) is 5.75 Å². The van der Waals surface area contributed by atoms with Gasteiger partial charge in [-0.1, -0.05) is 63.7 Å². The minimum Gasteiger partial charge on any atom is -0.423 e. The summed E-state index contributed by atoms with van der Waals surface area (Å²) in [4.78, 5) is 36.3. The van der Waals surface area contributed by atoms with Gasteiger partial charge in [-0.05, 0) is 48.0 Å². The molecule has 0 unspecified atom stereocenters. The molecule has 0 spiro atoms. The molecule has 35 heavy (non-hydrogen) atoms. The van der Waals surface area contributed by atoms with E-state index in [-0.39, 0.29) is 5.13 Å². The van der Waals surface area contributed by atoms with Gasteiger partial charge in [0.1, 0.15) is 10.8 Å². The molecule has 9 nitrogen and oxygen atoms in total. The highest BCUT2D eigenvalue weighted by molar-refractivity contribution is 9.10. The summed E-state index contributed by atoms with van der Waals surface area (Å²) in [5.74, 6) is -2.02. The molecule has 11 heteroatoms.